The summed E-state index contributed by atoms with van der Waals surface area (Å²) in [6, 6.07) is 1.21. The lowest BCUT2D eigenvalue weighted by Crippen LogP contribution is -2.45. The van der Waals surface area contributed by atoms with Gasteiger partial charge >= 0.3 is 6.18 Å². The maximum atomic E-state index is 12.8. The van der Waals surface area contributed by atoms with E-state index in [1.54, 1.807) is 6.92 Å². The van der Waals surface area contributed by atoms with Gasteiger partial charge in [-0.3, -0.25) is 4.68 Å². The monoisotopic (exact) mass is 237 g/mol. The van der Waals surface area contributed by atoms with Gasteiger partial charge in [0.25, 0.3) is 0 Å². The number of hydrogen-bond acceptors (Lipinski definition) is 3. The normalized spacial score (nSPS) is 16.2. The Labute approximate surface area is 90.9 Å². The molecule has 0 aliphatic carbocycles. The predicted octanol–water partition coefficient (Wildman–Crippen LogP) is 0.827. The summed E-state index contributed by atoms with van der Waals surface area (Å²) in [4.78, 5) is 0. The molecule has 1 aromatic heterocycles. The largest absolute Gasteiger partial charge is 0.423 e. The average Bonchev–Trinajstić information content (AvgIpc) is 2.44. The van der Waals surface area contributed by atoms with Gasteiger partial charge in [-0.1, -0.05) is 0 Å². The van der Waals surface area contributed by atoms with E-state index in [0.717, 1.165) is 4.68 Å². The maximum absolute atomic E-state index is 12.8. The summed E-state index contributed by atoms with van der Waals surface area (Å²) in [6.45, 7) is 1.29. The number of aryl methyl sites for hydroxylation is 2. The van der Waals surface area contributed by atoms with Crippen molar-refractivity contribution < 1.29 is 18.3 Å². The Hall–Kier alpha value is -1.08. The molecule has 1 heterocycles. The van der Waals surface area contributed by atoms with Crippen molar-refractivity contribution in [2.45, 2.75) is 25.1 Å². The molecule has 0 saturated carbocycles. The molecule has 0 spiro atoms. The minimum Gasteiger partial charge on any atom is -0.375 e. The van der Waals surface area contributed by atoms with Crippen molar-refractivity contribution in [3.8, 4) is 0 Å². The lowest BCUT2D eigenvalue weighted by atomic mass is 9.94. The number of nitrogens with two attached hydrogens (primary N) is 1. The van der Waals surface area contributed by atoms with Gasteiger partial charge in [0.1, 0.15) is 0 Å². The molecule has 0 aliphatic rings. The number of aromatic nitrogens is 2. The third-order valence-electron chi connectivity index (χ3n) is 2.40. The number of aliphatic hydroxyl groups is 1. The predicted molar refractivity (Wildman–Crippen MR) is 51.6 cm³/mol. The van der Waals surface area contributed by atoms with Crippen LogP contribution in [0.15, 0.2) is 6.07 Å². The highest BCUT2D eigenvalue weighted by atomic mass is 19.4. The first-order chi connectivity index (χ1) is 7.22. The molecule has 0 saturated heterocycles. The van der Waals surface area contributed by atoms with Crippen LogP contribution in [0.5, 0.6) is 0 Å². The first kappa shape index (κ1) is 13.0. The third kappa shape index (κ3) is 2.05. The van der Waals surface area contributed by atoms with Crippen LogP contribution in [0.1, 0.15) is 17.8 Å². The van der Waals surface area contributed by atoms with Crippen molar-refractivity contribution in [2.75, 3.05) is 6.54 Å². The van der Waals surface area contributed by atoms with Gasteiger partial charge in [0.05, 0.1) is 11.4 Å². The standard InChI is InChI=1S/C9H14F3N3O/c1-6-5-7(15(2)14-6)8(16,3-4-13)9(10,11)12/h5,16H,3-4,13H2,1-2H3. The van der Waals surface area contributed by atoms with Crippen molar-refractivity contribution in [1.82, 2.24) is 9.78 Å². The summed E-state index contributed by atoms with van der Waals surface area (Å²) in [7, 11) is 1.36. The molecule has 0 radical (unpaired) electrons. The quantitative estimate of drug-likeness (QED) is 0.818. The van der Waals surface area contributed by atoms with Gasteiger partial charge in [-0.15, -0.1) is 0 Å². The Balaban J connectivity index is 3.27. The van der Waals surface area contributed by atoms with Crippen molar-refractivity contribution in [3.63, 3.8) is 0 Å². The molecular weight excluding hydrogens is 223 g/mol. The lowest BCUT2D eigenvalue weighted by molar-refractivity contribution is -0.270. The van der Waals surface area contributed by atoms with E-state index in [9.17, 15) is 18.3 Å². The van der Waals surface area contributed by atoms with Gasteiger partial charge in [-0.05, 0) is 19.5 Å². The molecule has 0 aliphatic heterocycles. The van der Waals surface area contributed by atoms with Crippen molar-refractivity contribution >= 4 is 0 Å². The molecule has 7 heteroatoms. The van der Waals surface area contributed by atoms with E-state index in [4.69, 9.17) is 5.73 Å². The summed E-state index contributed by atoms with van der Waals surface area (Å²) in [5.41, 5.74) is 2.31. The zero-order chi connectivity index (χ0) is 12.6. The molecule has 1 atom stereocenters. The molecule has 0 amide bonds. The number of hydrogen-bond donors (Lipinski definition) is 2. The smallest absolute Gasteiger partial charge is 0.375 e. The van der Waals surface area contributed by atoms with E-state index >= 15 is 0 Å². The summed E-state index contributed by atoms with van der Waals surface area (Å²) < 4.78 is 39.5. The minimum atomic E-state index is -4.77. The summed E-state index contributed by atoms with van der Waals surface area (Å²) in [5.74, 6) is 0. The minimum absolute atomic E-state index is 0.264. The van der Waals surface area contributed by atoms with Crippen LogP contribution in [0.2, 0.25) is 0 Å². The molecule has 1 unspecified atom stereocenters. The van der Waals surface area contributed by atoms with Crippen LogP contribution < -0.4 is 5.73 Å². The topological polar surface area (TPSA) is 64.1 Å². The average molecular weight is 237 g/mol. The van der Waals surface area contributed by atoms with Crippen LogP contribution in [0.3, 0.4) is 0 Å². The third-order valence-corrected chi connectivity index (χ3v) is 2.40. The number of nitrogens with zero attached hydrogens (tertiary/aromatic N) is 2. The van der Waals surface area contributed by atoms with E-state index in [0.29, 0.717) is 5.69 Å². The Morgan fingerprint density at radius 3 is 2.38 bits per heavy atom. The molecule has 4 nitrogen and oxygen atoms in total. The molecule has 0 aromatic carbocycles. The Bertz CT molecular complexity index is 375. The lowest BCUT2D eigenvalue weighted by Gasteiger charge is -2.30. The van der Waals surface area contributed by atoms with Crippen LogP contribution in [0.25, 0.3) is 0 Å². The van der Waals surface area contributed by atoms with Gasteiger partial charge in [-0.2, -0.15) is 18.3 Å². The van der Waals surface area contributed by atoms with Crippen LogP contribution in [0.4, 0.5) is 13.2 Å². The van der Waals surface area contributed by atoms with Crippen LogP contribution >= 0.6 is 0 Å². The van der Waals surface area contributed by atoms with E-state index in [2.05, 4.69) is 5.10 Å². The van der Waals surface area contributed by atoms with Crippen molar-refractivity contribution in [1.29, 1.82) is 0 Å². The van der Waals surface area contributed by atoms with Gasteiger partial charge in [-0.25, -0.2) is 0 Å². The fourth-order valence-corrected chi connectivity index (χ4v) is 1.62. The Kier molecular flexibility index (Phi) is 3.30. The van der Waals surface area contributed by atoms with E-state index in [1.807, 2.05) is 0 Å². The fraction of sp³-hybridized carbons (Fsp3) is 0.667. The second-order valence-electron chi connectivity index (χ2n) is 3.69. The second-order valence-corrected chi connectivity index (χ2v) is 3.69. The molecular formula is C9H14F3N3O. The first-order valence-corrected chi connectivity index (χ1v) is 4.72. The van der Waals surface area contributed by atoms with Crippen molar-refractivity contribution in [2.24, 2.45) is 12.8 Å². The van der Waals surface area contributed by atoms with Crippen molar-refractivity contribution in [3.05, 3.63) is 17.5 Å². The van der Waals surface area contributed by atoms with Crippen LogP contribution in [0, 0.1) is 6.92 Å². The van der Waals surface area contributed by atoms with Gasteiger partial charge < -0.3 is 10.8 Å². The highest BCUT2D eigenvalue weighted by molar-refractivity contribution is 5.19. The Morgan fingerprint density at radius 2 is 2.06 bits per heavy atom. The Morgan fingerprint density at radius 1 is 1.50 bits per heavy atom. The van der Waals surface area contributed by atoms with E-state index in [-0.39, 0.29) is 12.2 Å². The SMILES string of the molecule is Cc1cc(C(O)(CCN)C(F)(F)F)n(C)n1. The molecule has 1 rings (SSSR count). The maximum Gasteiger partial charge on any atom is 0.423 e. The summed E-state index contributed by atoms with van der Waals surface area (Å²) >= 11 is 0. The second kappa shape index (κ2) is 4.06. The number of alkyl halides is 3. The molecule has 0 fully saturated rings. The highest BCUT2D eigenvalue weighted by Crippen LogP contribution is 2.41. The highest BCUT2D eigenvalue weighted by Gasteiger charge is 2.56. The molecule has 16 heavy (non-hydrogen) atoms. The first-order valence-electron chi connectivity index (χ1n) is 4.72. The van der Waals surface area contributed by atoms with Crippen LogP contribution in [-0.4, -0.2) is 27.6 Å². The van der Waals surface area contributed by atoms with Crippen LogP contribution in [-0.2, 0) is 12.6 Å². The van der Waals surface area contributed by atoms with E-state index in [1.165, 1.54) is 13.1 Å². The molecule has 1 aromatic rings. The fourth-order valence-electron chi connectivity index (χ4n) is 1.62. The van der Waals surface area contributed by atoms with Gasteiger partial charge in [0, 0.05) is 13.5 Å². The van der Waals surface area contributed by atoms with Gasteiger partial charge in [0.2, 0.25) is 5.60 Å². The number of rotatable bonds is 3. The zero-order valence-electron chi connectivity index (χ0n) is 9.04. The number of halogens is 3. The molecule has 92 valence electrons. The summed E-state index contributed by atoms with van der Waals surface area (Å²) in [5, 5.41) is 13.5. The van der Waals surface area contributed by atoms with Gasteiger partial charge in [0.15, 0.2) is 0 Å². The zero-order valence-corrected chi connectivity index (χ0v) is 9.04. The molecule has 0 bridgehead atoms. The molecule has 3 N–H and O–H groups in total. The van der Waals surface area contributed by atoms with E-state index < -0.39 is 18.2 Å². The summed E-state index contributed by atoms with van der Waals surface area (Å²) in [6.07, 6.45) is -5.36.